The Bertz CT molecular complexity index is 243. The zero-order chi connectivity index (χ0) is 11.1. The van der Waals surface area contributed by atoms with Gasteiger partial charge in [0.1, 0.15) is 0 Å². The molecule has 1 heterocycles. The summed E-state index contributed by atoms with van der Waals surface area (Å²) in [5.41, 5.74) is 0. The summed E-state index contributed by atoms with van der Waals surface area (Å²) < 4.78 is 2.12. The van der Waals surface area contributed by atoms with E-state index >= 15 is 0 Å². The average molecular weight is 209 g/mol. The highest BCUT2D eigenvalue weighted by Gasteiger charge is 2.07. The first kappa shape index (κ1) is 12.2. The topological polar surface area (TPSA) is 29.9 Å². The van der Waals surface area contributed by atoms with Crippen molar-refractivity contribution in [3.63, 3.8) is 0 Å². The molecule has 1 aromatic rings. The van der Waals surface area contributed by atoms with Crippen LogP contribution < -0.4 is 5.32 Å². The summed E-state index contributed by atoms with van der Waals surface area (Å²) in [6, 6.07) is 0.623. The van der Waals surface area contributed by atoms with E-state index in [-0.39, 0.29) is 0 Å². The van der Waals surface area contributed by atoms with Gasteiger partial charge in [0.2, 0.25) is 0 Å². The molecule has 1 rings (SSSR count). The number of rotatable bonds is 7. The van der Waals surface area contributed by atoms with E-state index in [1.165, 1.54) is 6.42 Å². The third-order valence-electron chi connectivity index (χ3n) is 3.12. The molecule has 3 nitrogen and oxygen atoms in total. The Morgan fingerprint density at radius 3 is 2.80 bits per heavy atom. The number of imidazole rings is 1. The van der Waals surface area contributed by atoms with Crippen LogP contribution in [0.25, 0.3) is 0 Å². The summed E-state index contributed by atoms with van der Waals surface area (Å²) in [5, 5.41) is 3.56. The van der Waals surface area contributed by atoms with Gasteiger partial charge in [-0.25, -0.2) is 4.98 Å². The van der Waals surface area contributed by atoms with Gasteiger partial charge >= 0.3 is 0 Å². The van der Waals surface area contributed by atoms with Crippen molar-refractivity contribution in [3.8, 4) is 0 Å². The van der Waals surface area contributed by atoms with Crippen molar-refractivity contribution in [2.45, 2.75) is 46.2 Å². The molecule has 15 heavy (non-hydrogen) atoms. The Morgan fingerprint density at radius 1 is 1.40 bits per heavy atom. The smallest absolute Gasteiger partial charge is 0.0945 e. The highest BCUT2D eigenvalue weighted by Crippen LogP contribution is 2.06. The second kappa shape index (κ2) is 6.62. The molecule has 0 aliphatic carbocycles. The van der Waals surface area contributed by atoms with Crippen LogP contribution in [-0.2, 0) is 6.54 Å². The third kappa shape index (κ3) is 4.47. The van der Waals surface area contributed by atoms with Crippen molar-refractivity contribution in [2.24, 2.45) is 5.92 Å². The number of aryl methyl sites for hydroxylation is 1. The van der Waals surface area contributed by atoms with E-state index in [1.807, 2.05) is 18.7 Å². The van der Waals surface area contributed by atoms with Crippen molar-refractivity contribution >= 4 is 0 Å². The molecule has 3 heteroatoms. The molecule has 0 spiro atoms. The quantitative estimate of drug-likeness (QED) is 0.698. The molecule has 0 aliphatic rings. The van der Waals surface area contributed by atoms with Crippen LogP contribution in [0, 0.1) is 5.92 Å². The molecule has 0 aliphatic heterocycles. The molecule has 0 radical (unpaired) electrons. The molecule has 0 aromatic carbocycles. The molecule has 1 N–H and O–H groups in total. The fourth-order valence-corrected chi connectivity index (χ4v) is 1.57. The molecule has 0 saturated carbocycles. The van der Waals surface area contributed by atoms with Crippen molar-refractivity contribution in [3.05, 3.63) is 18.7 Å². The van der Waals surface area contributed by atoms with Gasteiger partial charge in [0.05, 0.1) is 6.33 Å². The van der Waals surface area contributed by atoms with Crippen LogP contribution >= 0.6 is 0 Å². The first-order valence-corrected chi connectivity index (χ1v) is 5.93. The molecular weight excluding hydrogens is 186 g/mol. The average Bonchev–Trinajstić information content (AvgIpc) is 2.75. The maximum atomic E-state index is 4.02. The molecule has 86 valence electrons. The fourth-order valence-electron chi connectivity index (χ4n) is 1.57. The van der Waals surface area contributed by atoms with E-state index in [4.69, 9.17) is 0 Å². The molecule has 2 unspecified atom stereocenters. The lowest BCUT2D eigenvalue weighted by molar-refractivity contribution is 0.384. The summed E-state index contributed by atoms with van der Waals surface area (Å²) in [4.78, 5) is 4.02. The monoisotopic (exact) mass is 209 g/mol. The highest BCUT2D eigenvalue weighted by atomic mass is 15.0. The van der Waals surface area contributed by atoms with Crippen LogP contribution in [0.1, 0.15) is 33.6 Å². The Balaban J connectivity index is 2.06. The van der Waals surface area contributed by atoms with Crippen molar-refractivity contribution in [2.75, 3.05) is 6.54 Å². The number of nitrogens with zero attached hydrogens (tertiary/aromatic N) is 2. The molecule has 0 fully saturated rings. The van der Waals surface area contributed by atoms with Gasteiger partial charge in [0.25, 0.3) is 0 Å². The maximum absolute atomic E-state index is 4.02. The molecule has 0 bridgehead atoms. The number of hydrogen-bond donors (Lipinski definition) is 1. The predicted octanol–water partition coefficient (Wildman–Crippen LogP) is 2.30. The molecule has 2 atom stereocenters. The Labute approximate surface area is 92.9 Å². The number of nitrogens with one attached hydrogen (secondary N) is 1. The normalized spacial score (nSPS) is 15.1. The summed E-state index contributed by atoms with van der Waals surface area (Å²) in [6.07, 6.45) is 8.12. The molecule has 1 aromatic heterocycles. The maximum Gasteiger partial charge on any atom is 0.0945 e. The summed E-state index contributed by atoms with van der Waals surface area (Å²) in [6.45, 7) is 8.96. The van der Waals surface area contributed by atoms with E-state index in [1.54, 1.807) is 0 Å². The van der Waals surface area contributed by atoms with Gasteiger partial charge in [0.15, 0.2) is 0 Å². The second-order valence-electron chi connectivity index (χ2n) is 4.28. The minimum Gasteiger partial charge on any atom is -0.337 e. The largest absolute Gasteiger partial charge is 0.337 e. The number of hydrogen-bond acceptors (Lipinski definition) is 2. The Morgan fingerprint density at radius 2 is 2.20 bits per heavy atom. The number of aromatic nitrogens is 2. The van der Waals surface area contributed by atoms with Crippen LogP contribution in [0.3, 0.4) is 0 Å². The minimum absolute atomic E-state index is 0.623. The molecular formula is C12H23N3. The Hall–Kier alpha value is -0.830. The van der Waals surface area contributed by atoms with Gasteiger partial charge in [0, 0.05) is 25.0 Å². The highest BCUT2D eigenvalue weighted by molar-refractivity contribution is 4.74. The van der Waals surface area contributed by atoms with Crippen LogP contribution in [0.5, 0.6) is 0 Å². The van der Waals surface area contributed by atoms with E-state index in [2.05, 4.69) is 35.6 Å². The van der Waals surface area contributed by atoms with Gasteiger partial charge < -0.3 is 9.88 Å². The molecule has 0 amide bonds. The lowest BCUT2D eigenvalue weighted by atomic mass is 10.0. The van der Waals surface area contributed by atoms with Crippen molar-refractivity contribution in [1.29, 1.82) is 0 Å². The third-order valence-corrected chi connectivity index (χ3v) is 3.12. The van der Waals surface area contributed by atoms with Crippen LogP contribution in [0.2, 0.25) is 0 Å². The van der Waals surface area contributed by atoms with Gasteiger partial charge in [-0.3, -0.25) is 0 Å². The van der Waals surface area contributed by atoms with Gasteiger partial charge in [-0.1, -0.05) is 20.3 Å². The lowest BCUT2D eigenvalue weighted by Crippen LogP contribution is -2.32. The zero-order valence-electron chi connectivity index (χ0n) is 10.1. The van der Waals surface area contributed by atoms with E-state index in [9.17, 15) is 0 Å². The minimum atomic E-state index is 0.623. The first-order chi connectivity index (χ1) is 7.24. The van der Waals surface area contributed by atoms with Crippen LogP contribution in [0.4, 0.5) is 0 Å². The van der Waals surface area contributed by atoms with Gasteiger partial charge in [-0.15, -0.1) is 0 Å². The zero-order valence-corrected chi connectivity index (χ0v) is 10.1. The Kier molecular flexibility index (Phi) is 5.40. The van der Waals surface area contributed by atoms with Crippen molar-refractivity contribution in [1.82, 2.24) is 14.9 Å². The van der Waals surface area contributed by atoms with E-state index in [0.29, 0.717) is 6.04 Å². The second-order valence-corrected chi connectivity index (χ2v) is 4.28. The molecule has 0 saturated heterocycles. The summed E-state index contributed by atoms with van der Waals surface area (Å²) >= 11 is 0. The van der Waals surface area contributed by atoms with Crippen LogP contribution in [0.15, 0.2) is 18.7 Å². The fraction of sp³-hybridized carbons (Fsp3) is 0.750. The van der Waals surface area contributed by atoms with Crippen molar-refractivity contribution < 1.29 is 0 Å². The van der Waals surface area contributed by atoms with Gasteiger partial charge in [-0.05, 0) is 25.8 Å². The summed E-state index contributed by atoms with van der Waals surface area (Å²) in [7, 11) is 0. The van der Waals surface area contributed by atoms with E-state index < -0.39 is 0 Å². The SMILES string of the molecule is CCC(C)C(C)NCCCn1ccnc1. The predicted molar refractivity (Wildman–Crippen MR) is 63.8 cm³/mol. The van der Waals surface area contributed by atoms with E-state index in [0.717, 1.165) is 25.4 Å². The van der Waals surface area contributed by atoms with Gasteiger partial charge in [-0.2, -0.15) is 0 Å². The lowest BCUT2D eigenvalue weighted by Gasteiger charge is -2.19. The van der Waals surface area contributed by atoms with Crippen LogP contribution in [-0.4, -0.2) is 22.1 Å². The first-order valence-electron chi connectivity index (χ1n) is 5.93. The standard InChI is InChI=1S/C12H23N3/c1-4-11(2)12(3)14-6-5-8-15-9-7-13-10-15/h7,9-12,14H,4-6,8H2,1-3H3. The summed E-state index contributed by atoms with van der Waals surface area (Å²) in [5.74, 6) is 0.762.